The molecule has 0 saturated carbocycles. The van der Waals surface area contributed by atoms with Crippen LogP contribution in [0.25, 0.3) is 11.1 Å². The third-order valence-corrected chi connectivity index (χ3v) is 3.24. The topological polar surface area (TPSA) is 26.3 Å². The quantitative estimate of drug-likeness (QED) is 0.771. The zero-order chi connectivity index (χ0) is 14.4. The van der Waals surface area contributed by atoms with Gasteiger partial charge in [0.25, 0.3) is 0 Å². The SMILES string of the molecule is CCCC(Oc1ccc(-c2ccccc2)cc1)C(C)=O. The van der Waals surface area contributed by atoms with Gasteiger partial charge in [0.1, 0.15) is 5.75 Å². The largest absolute Gasteiger partial charge is 0.483 e. The summed E-state index contributed by atoms with van der Waals surface area (Å²) in [6, 6.07) is 18.1. The molecule has 0 saturated heterocycles. The molecule has 2 heteroatoms. The predicted octanol–water partition coefficient (Wildman–Crippen LogP) is 4.49. The number of hydrogen-bond donors (Lipinski definition) is 0. The van der Waals surface area contributed by atoms with E-state index in [4.69, 9.17) is 4.74 Å². The van der Waals surface area contributed by atoms with Crippen LogP contribution in [0.3, 0.4) is 0 Å². The van der Waals surface area contributed by atoms with Gasteiger partial charge in [0.15, 0.2) is 11.9 Å². The van der Waals surface area contributed by atoms with E-state index in [0.717, 1.165) is 24.2 Å². The summed E-state index contributed by atoms with van der Waals surface area (Å²) in [5.74, 6) is 0.831. The monoisotopic (exact) mass is 268 g/mol. The Morgan fingerprint density at radius 2 is 1.60 bits per heavy atom. The van der Waals surface area contributed by atoms with E-state index < -0.39 is 0 Å². The van der Waals surface area contributed by atoms with Crippen LogP contribution in [0.15, 0.2) is 54.6 Å². The van der Waals surface area contributed by atoms with Gasteiger partial charge in [-0.1, -0.05) is 55.8 Å². The molecule has 0 aliphatic rings. The van der Waals surface area contributed by atoms with Crippen LogP contribution in [0.5, 0.6) is 5.75 Å². The summed E-state index contributed by atoms with van der Waals surface area (Å²) in [4.78, 5) is 11.5. The molecular weight excluding hydrogens is 248 g/mol. The lowest BCUT2D eigenvalue weighted by molar-refractivity contribution is -0.123. The Bertz CT molecular complexity index is 543. The third kappa shape index (κ3) is 3.70. The first kappa shape index (κ1) is 14.3. The lowest BCUT2D eigenvalue weighted by Gasteiger charge is -2.16. The number of Topliss-reactive ketones (excluding diaryl/α,β-unsaturated/α-hetero) is 1. The highest BCUT2D eigenvalue weighted by molar-refractivity contribution is 5.80. The smallest absolute Gasteiger partial charge is 0.170 e. The van der Waals surface area contributed by atoms with Crippen molar-refractivity contribution in [2.75, 3.05) is 0 Å². The zero-order valence-corrected chi connectivity index (χ0v) is 12.0. The van der Waals surface area contributed by atoms with Gasteiger partial charge in [-0.15, -0.1) is 0 Å². The molecule has 0 aliphatic carbocycles. The van der Waals surface area contributed by atoms with Crippen LogP contribution in [-0.2, 0) is 4.79 Å². The maximum atomic E-state index is 11.5. The van der Waals surface area contributed by atoms with Crippen molar-refractivity contribution in [1.82, 2.24) is 0 Å². The van der Waals surface area contributed by atoms with Gasteiger partial charge in [0, 0.05) is 0 Å². The molecule has 0 heterocycles. The van der Waals surface area contributed by atoms with E-state index in [-0.39, 0.29) is 11.9 Å². The molecule has 104 valence electrons. The fourth-order valence-corrected chi connectivity index (χ4v) is 2.13. The third-order valence-electron chi connectivity index (χ3n) is 3.24. The van der Waals surface area contributed by atoms with E-state index >= 15 is 0 Å². The van der Waals surface area contributed by atoms with E-state index in [2.05, 4.69) is 19.1 Å². The molecule has 2 aromatic carbocycles. The van der Waals surface area contributed by atoms with Gasteiger partial charge in [0.05, 0.1) is 0 Å². The molecule has 0 fully saturated rings. The molecule has 0 amide bonds. The summed E-state index contributed by atoms with van der Waals surface area (Å²) in [5.41, 5.74) is 2.32. The van der Waals surface area contributed by atoms with Gasteiger partial charge in [-0.3, -0.25) is 4.79 Å². The van der Waals surface area contributed by atoms with E-state index in [1.165, 1.54) is 5.56 Å². The lowest BCUT2D eigenvalue weighted by atomic mass is 10.1. The van der Waals surface area contributed by atoms with Crippen molar-refractivity contribution in [2.45, 2.75) is 32.8 Å². The first-order chi connectivity index (χ1) is 9.70. The number of rotatable bonds is 6. The summed E-state index contributed by atoms with van der Waals surface area (Å²) in [7, 11) is 0. The van der Waals surface area contributed by atoms with Crippen molar-refractivity contribution in [2.24, 2.45) is 0 Å². The summed E-state index contributed by atoms with van der Waals surface area (Å²) < 4.78 is 5.76. The van der Waals surface area contributed by atoms with E-state index in [0.29, 0.717) is 0 Å². The van der Waals surface area contributed by atoms with Crippen molar-refractivity contribution >= 4 is 5.78 Å². The Labute approximate surface area is 120 Å². The highest BCUT2D eigenvalue weighted by Gasteiger charge is 2.14. The number of hydrogen-bond acceptors (Lipinski definition) is 2. The second kappa shape index (κ2) is 6.90. The predicted molar refractivity (Wildman–Crippen MR) is 81.9 cm³/mol. The van der Waals surface area contributed by atoms with Crippen LogP contribution in [0.4, 0.5) is 0 Å². The van der Waals surface area contributed by atoms with Crippen LogP contribution >= 0.6 is 0 Å². The molecule has 1 unspecified atom stereocenters. The minimum atomic E-state index is -0.331. The molecule has 1 atom stereocenters. The molecule has 0 N–H and O–H groups in total. The average Bonchev–Trinajstić information content (AvgIpc) is 2.48. The molecule has 0 spiro atoms. The molecule has 0 aromatic heterocycles. The number of benzene rings is 2. The minimum Gasteiger partial charge on any atom is -0.483 e. The first-order valence-electron chi connectivity index (χ1n) is 7.03. The number of ketones is 1. The van der Waals surface area contributed by atoms with Crippen molar-refractivity contribution in [3.05, 3.63) is 54.6 Å². The Kier molecular flexibility index (Phi) is 4.94. The molecule has 0 bridgehead atoms. The fraction of sp³-hybridized carbons (Fsp3) is 0.278. The summed E-state index contributed by atoms with van der Waals surface area (Å²) in [5, 5.41) is 0. The van der Waals surface area contributed by atoms with Crippen LogP contribution < -0.4 is 4.74 Å². The van der Waals surface area contributed by atoms with Gasteiger partial charge in [-0.05, 0) is 36.6 Å². The second-order valence-electron chi connectivity index (χ2n) is 4.90. The van der Waals surface area contributed by atoms with Gasteiger partial charge >= 0.3 is 0 Å². The summed E-state index contributed by atoms with van der Waals surface area (Å²) >= 11 is 0. The first-order valence-corrected chi connectivity index (χ1v) is 7.03. The van der Waals surface area contributed by atoms with Crippen molar-refractivity contribution < 1.29 is 9.53 Å². The molecule has 2 rings (SSSR count). The van der Waals surface area contributed by atoms with E-state index in [1.54, 1.807) is 6.92 Å². The summed E-state index contributed by atoms with van der Waals surface area (Å²) in [6.45, 7) is 3.64. The highest BCUT2D eigenvalue weighted by atomic mass is 16.5. The van der Waals surface area contributed by atoms with E-state index in [1.807, 2.05) is 42.5 Å². The Balaban J connectivity index is 2.10. The van der Waals surface area contributed by atoms with E-state index in [9.17, 15) is 4.79 Å². The number of carbonyl (C=O) groups is 1. The molecule has 20 heavy (non-hydrogen) atoms. The molecule has 0 radical (unpaired) electrons. The number of carbonyl (C=O) groups excluding carboxylic acids is 1. The van der Waals surface area contributed by atoms with Gasteiger partial charge in [-0.2, -0.15) is 0 Å². The van der Waals surface area contributed by atoms with Crippen LogP contribution in [-0.4, -0.2) is 11.9 Å². The molecular formula is C18H20O2. The normalized spacial score (nSPS) is 11.9. The second-order valence-corrected chi connectivity index (χ2v) is 4.90. The molecule has 0 aliphatic heterocycles. The lowest BCUT2D eigenvalue weighted by Crippen LogP contribution is -2.24. The van der Waals surface area contributed by atoms with Crippen LogP contribution in [0, 0.1) is 0 Å². The summed E-state index contributed by atoms with van der Waals surface area (Å²) in [6.07, 6.45) is 1.37. The minimum absolute atomic E-state index is 0.0824. The maximum absolute atomic E-state index is 11.5. The average molecular weight is 268 g/mol. The van der Waals surface area contributed by atoms with Gasteiger partial charge in [-0.25, -0.2) is 0 Å². The fourth-order valence-electron chi connectivity index (χ4n) is 2.13. The van der Waals surface area contributed by atoms with Crippen molar-refractivity contribution in [3.8, 4) is 16.9 Å². The Hall–Kier alpha value is -2.09. The molecule has 2 aromatic rings. The number of ether oxygens (including phenoxy) is 1. The zero-order valence-electron chi connectivity index (χ0n) is 12.0. The van der Waals surface area contributed by atoms with Crippen LogP contribution in [0.2, 0.25) is 0 Å². The Morgan fingerprint density at radius 1 is 1.00 bits per heavy atom. The standard InChI is InChI=1S/C18H20O2/c1-3-7-18(14(2)19)20-17-12-10-16(11-13-17)15-8-5-4-6-9-15/h4-6,8-13,18H,3,7H2,1-2H3. The highest BCUT2D eigenvalue weighted by Crippen LogP contribution is 2.23. The van der Waals surface area contributed by atoms with Crippen molar-refractivity contribution in [3.63, 3.8) is 0 Å². The van der Waals surface area contributed by atoms with Gasteiger partial charge in [0.2, 0.25) is 0 Å². The van der Waals surface area contributed by atoms with Crippen LogP contribution in [0.1, 0.15) is 26.7 Å². The maximum Gasteiger partial charge on any atom is 0.170 e. The molecule has 2 nitrogen and oxygen atoms in total. The van der Waals surface area contributed by atoms with Crippen molar-refractivity contribution in [1.29, 1.82) is 0 Å². The van der Waals surface area contributed by atoms with Gasteiger partial charge < -0.3 is 4.74 Å². The Morgan fingerprint density at radius 3 is 2.15 bits per heavy atom.